The minimum absolute atomic E-state index is 0. The zero-order valence-corrected chi connectivity index (χ0v) is 18.0. The van der Waals surface area contributed by atoms with Gasteiger partial charge in [-0.3, -0.25) is 0 Å². The first-order chi connectivity index (χ1) is 11.7. The lowest BCUT2D eigenvalue weighted by Crippen LogP contribution is -2.41. The highest BCUT2D eigenvalue weighted by Crippen LogP contribution is 2.22. The second-order valence-corrected chi connectivity index (χ2v) is 7.11. The molecule has 1 aromatic rings. The normalized spacial score (nSPS) is 11.8. The van der Waals surface area contributed by atoms with Crippen molar-refractivity contribution in [1.82, 2.24) is 15.4 Å². The minimum atomic E-state index is -3.25. The zero-order valence-electron chi connectivity index (χ0n) is 14.9. The molecule has 150 valence electrons. The quantitative estimate of drug-likeness (QED) is 0.206. The van der Waals surface area contributed by atoms with E-state index in [1.807, 2.05) is 13.8 Å². The number of nitrogens with one attached hydrogen (secondary N) is 3. The summed E-state index contributed by atoms with van der Waals surface area (Å²) in [7, 11) is -3.25. The summed E-state index contributed by atoms with van der Waals surface area (Å²) in [5, 5.41) is 5.96. The van der Waals surface area contributed by atoms with Crippen LogP contribution in [-0.2, 0) is 16.6 Å². The van der Waals surface area contributed by atoms with Crippen LogP contribution in [0.3, 0.4) is 0 Å². The third-order valence-electron chi connectivity index (χ3n) is 2.97. The fourth-order valence-corrected chi connectivity index (χ4v) is 2.44. The minimum Gasteiger partial charge on any atom is -0.434 e. The average molecular weight is 506 g/mol. The van der Waals surface area contributed by atoms with E-state index in [0.717, 1.165) is 11.8 Å². The summed E-state index contributed by atoms with van der Waals surface area (Å²) < 4.78 is 53.9. The van der Waals surface area contributed by atoms with Gasteiger partial charge in [0.1, 0.15) is 5.75 Å². The van der Waals surface area contributed by atoms with Gasteiger partial charge < -0.3 is 15.4 Å². The van der Waals surface area contributed by atoms with E-state index in [1.54, 1.807) is 12.1 Å². The van der Waals surface area contributed by atoms with E-state index in [1.165, 1.54) is 6.07 Å². The van der Waals surface area contributed by atoms with Crippen molar-refractivity contribution in [3.63, 3.8) is 0 Å². The number of aryl methyl sites for hydroxylation is 1. The standard InChI is InChI=1S/C15H24F2N4O3S.HI/c1-4-18-15(19-7-8-21-25(3,22)23)20-10-12-9-11(2)5-6-13(12)24-14(16)17;/h5-6,9,14,21H,4,7-8,10H2,1-3H3,(H2,18,19,20);1H. The third-order valence-corrected chi connectivity index (χ3v) is 3.69. The summed E-state index contributed by atoms with van der Waals surface area (Å²) in [4.78, 5) is 4.32. The molecule has 0 fully saturated rings. The topological polar surface area (TPSA) is 91.8 Å². The first kappa shape index (κ1) is 24.8. The zero-order chi connectivity index (χ0) is 18.9. The van der Waals surface area contributed by atoms with Crippen molar-refractivity contribution < 1.29 is 21.9 Å². The molecular formula is C15H25F2IN4O3S. The van der Waals surface area contributed by atoms with Gasteiger partial charge in [0, 0.05) is 25.2 Å². The van der Waals surface area contributed by atoms with Gasteiger partial charge >= 0.3 is 6.61 Å². The Hall–Kier alpha value is -1.21. The van der Waals surface area contributed by atoms with Crippen LogP contribution in [-0.4, -0.2) is 46.9 Å². The molecule has 26 heavy (non-hydrogen) atoms. The molecule has 0 aliphatic carbocycles. The van der Waals surface area contributed by atoms with Gasteiger partial charge in [-0.2, -0.15) is 8.78 Å². The van der Waals surface area contributed by atoms with Gasteiger partial charge in [0.25, 0.3) is 0 Å². The first-order valence-electron chi connectivity index (χ1n) is 7.72. The fourth-order valence-electron chi connectivity index (χ4n) is 1.97. The molecular weight excluding hydrogens is 481 g/mol. The molecule has 0 amide bonds. The van der Waals surface area contributed by atoms with E-state index in [-0.39, 0.29) is 42.8 Å². The number of alkyl halides is 2. The predicted molar refractivity (Wildman–Crippen MR) is 109 cm³/mol. The maximum absolute atomic E-state index is 12.5. The van der Waals surface area contributed by atoms with Gasteiger partial charge in [0.05, 0.1) is 12.8 Å². The molecule has 0 aliphatic rings. The number of hydrogen-bond donors (Lipinski definition) is 3. The summed E-state index contributed by atoms with van der Waals surface area (Å²) in [5.74, 6) is 0.529. The monoisotopic (exact) mass is 506 g/mol. The number of halogens is 3. The number of hydrogen-bond acceptors (Lipinski definition) is 4. The molecule has 0 bridgehead atoms. The van der Waals surface area contributed by atoms with E-state index >= 15 is 0 Å². The SMILES string of the molecule is CCNC(=NCc1cc(C)ccc1OC(F)F)NCCNS(C)(=O)=O.I. The van der Waals surface area contributed by atoms with Gasteiger partial charge in [-0.05, 0) is 19.9 Å². The summed E-state index contributed by atoms with van der Waals surface area (Å²) in [6.07, 6.45) is 1.08. The molecule has 0 heterocycles. The van der Waals surface area contributed by atoms with Gasteiger partial charge in [0.15, 0.2) is 5.96 Å². The van der Waals surface area contributed by atoms with E-state index in [0.29, 0.717) is 24.6 Å². The third kappa shape index (κ3) is 10.7. The lowest BCUT2D eigenvalue weighted by molar-refractivity contribution is -0.0504. The number of ether oxygens (including phenoxy) is 1. The van der Waals surface area contributed by atoms with Gasteiger partial charge in [-0.1, -0.05) is 17.7 Å². The predicted octanol–water partition coefficient (Wildman–Crippen LogP) is 1.82. The largest absolute Gasteiger partial charge is 0.434 e. The summed E-state index contributed by atoms with van der Waals surface area (Å²) in [6, 6.07) is 4.91. The molecule has 0 spiro atoms. The van der Waals surface area contributed by atoms with Crippen molar-refractivity contribution in [2.45, 2.75) is 27.0 Å². The number of benzene rings is 1. The molecule has 11 heteroatoms. The highest BCUT2D eigenvalue weighted by atomic mass is 127. The Kier molecular flexibility index (Phi) is 11.7. The Morgan fingerprint density at radius 1 is 1.27 bits per heavy atom. The Bertz CT molecular complexity index is 687. The Morgan fingerprint density at radius 3 is 2.54 bits per heavy atom. The van der Waals surface area contributed by atoms with E-state index in [4.69, 9.17) is 0 Å². The molecule has 1 aromatic carbocycles. The lowest BCUT2D eigenvalue weighted by Gasteiger charge is -2.13. The number of nitrogens with zero attached hydrogens (tertiary/aromatic N) is 1. The molecule has 3 N–H and O–H groups in total. The molecule has 0 radical (unpaired) electrons. The van der Waals surface area contributed by atoms with Crippen LogP contribution in [0.4, 0.5) is 8.78 Å². The fraction of sp³-hybridized carbons (Fsp3) is 0.533. The van der Waals surface area contributed by atoms with Crippen LogP contribution in [0.1, 0.15) is 18.1 Å². The molecule has 0 unspecified atom stereocenters. The van der Waals surface area contributed by atoms with Crippen LogP contribution in [0.5, 0.6) is 5.75 Å². The highest BCUT2D eigenvalue weighted by molar-refractivity contribution is 14.0. The van der Waals surface area contributed by atoms with Crippen molar-refractivity contribution in [2.24, 2.45) is 4.99 Å². The molecule has 0 saturated heterocycles. The summed E-state index contributed by atoms with van der Waals surface area (Å²) in [6.45, 7) is 2.08. The smallest absolute Gasteiger partial charge is 0.387 e. The molecule has 0 saturated carbocycles. The van der Waals surface area contributed by atoms with Crippen LogP contribution in [0.2, 0.25) is 0 Å². The van der Waals surface area contributed by atoms with Crippen molar-refractivity contribution in [3.05, 3.63) is 29.3 Å². The summed E-state index contributed by atoms with van der Waals surface area (Å²) >= 11 is 0. The van der Waals surface area contributed by atoms with Crippen molar-refractivity contribution >= 4 is 40.0 Å². The van der Waals surface area contributed by atoms with Crippen LogP contribution in [0.15, 0.2) is 23.2 Å². The van der Waals surface area contributed by atoms with E-state index in [9.17, 15) is 17.2 Å². The number of rotatable bonds is 9. The molecule has 7 nitrogen and oxygen atoms in total. The molecule has 1 rings (SSSR count). The molecule has 0 aromatic heterocycles. The van der Waals surface area contributed by atoms with Crippen molar-refractivity contribution in [1.29, 1.82) is 0 Å². The van der Waals surface area contributed by atoms with E-state index < -0.39 is 16.6 Å². The average Bonchev–Trinajstić information content (AvgIpc) is 2.50. The second-order valence-electron chi connectivity index (χ2n) is 5.28. The Morgan fingerprint density at radius 2 is 1.96 bits per heavy atom. The maximum Gasteiger partial charge on any atom is 0.387 e. The Balaban J connectivity index is 0.00000625. The Labute approximate surface area is 170 Å². The highest BCUT2D eigenvalue weighted by Gasteiger charge is 2.10. The maximum atomic E-state index is 12.5. The van der Waals surface area contributed by atoms with E-state index in [2.05, 4.69) is 25.1 Å². The van der Waals surface area contributed by atoms with Crippen molar-refractivity contribution in [2.75, 3.05) is 25.9 Å². The van der Waals surface area contributed by atoms with Crippen LogP contribution in [0.25, 0.3) is 0 Å². The first-order valence-corrected chi connectivity index (χ1v) is 9.61. The van der Waals surface area contributed by atoms with Gasteiger partial charge in [0.2, 0.25) is 10.0 Å². The lowest BCUT2D eigenvalue weighted by atomic mass is 10.1. The van der Waals surface area contributed by atoms with Gasteiger partial charge in [-0.25, -0.2) is 18.1 Å². The molecule has 0 atom stereocenters. The van der Waals surface area contributed by atoms with Crippen LogP contribution in [0, 0.1) is 6.92 Å². The van der Waals surface area contributed by atoms with Gasteiger partial charge in [-0.15, -0.1) is 24.0 Å². The number of sulfonamides is 1. The number of aliphatic imine (C=N–C) groups is 1. The molecule has 0 aliphatic heterocycles. The second kappa shape index (κ2) is 12.2. The number of guanidine groups is 1. The van der Waals surface area contributed by atoms with Crippen LogP contribution < -0.4 is 20.1 Å². The van der Waals surface area contributed by atoms with Crippen LogP contribution >= 0.6 is 24.0 Å². The van der Waals surface area contributed by atoms with Crippen molar-refractivity contribution in [3.8, 4) is 5.75 Å². The summed E-state index contributed by atoms with van der Waals surface area (Å²) in [5.41, 5.74) is 1.44.